The molecule has 3 nitrogen and oxygen atoms in total. The largest absolute Gasteiger partial charge is 0.458 e. The minimum absolute atomic E-state index is 0.0391. The molecule has 0 saturated carbocycles. The Morgan fingerprint density at radius 2 is 1.02 bits per heavy atom. The molecular weight excluding hydrogens is 681 g/mol. The number of para-hydroxylation sites is 5. The van der Waals surface area contributed by atoms with Crippen LogP contribution in [-0.2, 0) is 25.7 Å². The van der Waals surface area contributed by atoms with Crippen LogP contribution in [0.4, 0.5) is 0 Å². The summed E-state index contributed by atoms with van der Waals surface area (Å²) >= 11 is 0. The van der Waals surface area contributed by atoms with Crippen LogP contribution in [-0.4, -0.2) is 11.3 Å². The van der Waals surface area contributed by atoms with E-state index in [1.165, 1.54) is 66.1 Å². The van der Waals surface area contributed by atoms with Gasteiger partial charge in [0.05, 0.1) is 16.7 Å². The Bertz CT molecular complexity index is 2980. The van der Waals surface area contributed by atoms with Gasteiger partial charge in [-0.05, 0) is 106 Å². The highest BCUT2D eigenvalue weighted by Crippen LogP contribution is 2.44. The average Bonchev–Trinajstić information content (AvgIpc) is 3.59. The van der Waals surface area contributed by atoms with Crippen molar-refractivity contribution in [3.63, 3.8) is 0 Å². The standard InChI is InChI=1S/C52H36BNO2/c1-5-16-45(38(10-1)37-31-49-51-50(32-37)56-48-19-8-4-15-44(48)53(51)43-14-3-7-18-47(43)55-49)54-46-17-6-2-11-39(46)40-12-9-13-41(52(40)54)42-30-35-25-24-33-20-22-34(23-21-33)26-28-36(42)29-27-35/h1-23,27,29-32H,24-26,28H2. The van der Waals surface area contributed by atoms with Gasteiger partial charge in [-0.3, -0.25) is 0 Å². The van der Waals surface area contributed by atoms with Crippen LogP contribution in [0.5, 0.6) is 23.0 Å². The number of rotatable bonds is 3. The molecule has 0 amide bonds. The van der Waals surface area contributed by atoms with E-state index >= 15 is 0 Å². The van der Waals surface area contributed by atoms with Crippen LogP contribution < -0.4 is 25.9 Å². The van der Waals surface area contributed by atoms with Crippen molar-refractivity contribution >= 4 is 44.9 Å². The van der Waals surface area contributed by atoms with Crippen molar-refractivity contribution in [1.82, 2.24) is 4.57 Å². The molecule has 15 rings (SSSR count). The van der Waals surface area contributed by atoms with Crippen LogP contribution in [0.2, 0.25) is 0 Å². The molecule has 8 aromatic carbocycles. The van der Waals surface area contributed by atoms with Crippen molar-refractivity contribution < 1.29 is 9.47 Å². The topological polar surface area (TPSA) is 23.4 Å². The fraction of sp³-hybridized carbons (Fsp3) is 0.0769. The predicted octanol–water partition coefficient (Wildman–Crippen LogP) is 10.7. The van der Waals surface area contributed by atoms with E-state index in [-0.39, 0.29) is 6.71 Å². The van der Waals surface area contributed by atoms with E-state index in [0.717, 1.165) is 71.0 Å². The smallest absolute Gasteiger partial charge is 0.260 e. The molecule has 3 heterocycles. The molecule has 9 aromatic rings. The zero-order valence-electron chi connectivity index (χ0n) is 30.8. The van der Waals surface area contributed by atoms with Crippen molar-refractivity contribution in [3.05, 3.63) is 192 Å². The number of ether oxygens (including phenoxy) is 2. The Morgan fingerprint density at radius 1 is 0.429 bits per heavy atom. The maximum atomic E-state index is 6.76. The van der Waals surface area contributed by atoms with Gasteiger partial charge in [0.15, 0.2) is 0 Å². The number of hydrogen-bond acceptors (Lipinski definition) is 2. The van der Waals surface area contributed by atoms with Crippen LogP contribution in [0.15, 0.2) is 170 Å². The highest BCUT2D eigenvalue weighted by molar-refractivity contribution is 6.98. The lowest BCUT2D eigenvalue weighted by molar-refractivity contribution is 0.465. The van der Waals surface area contributed by atoms with Crippen LogP contribution in [0.1, 0.15) is 22.3 Å². The Hall–Kier alpha value is -6.78. The predicted molar refractivity (Wildman–Crippen MR) is 231 cm³/mol. The minimum atomic E-state index is 0.0391. The van der Waals surface area contributed by atoms with E-state index in [9.17, 15) is 0 Å². The summed E-state index contributed by atoms with van der Waals surface area (Å²) in [4.78, 5) is 0. The van der Waals surface area contributed by atoms with Crippen molar-refractivity contribution in [1.29, 1.82) is 0 Å². The number of fused-ring (bicyclic) bond motifs is 7. The van der Waals surface area contributed by atoms with Gasteiger partial charge in [-0.25, -0.2) is 0 Å². The highest BCUT2D eigenvalue weighted by Gasteiger charge is 2.40. The van der Waals surface area contributed by atoms with E-state index in [1.54, 1.807) is 0 Å². The number of benzene rings is 8. The molecule has 0 radical (unpaired) electrons. The first-order valence-electron chi connectivity index (χ1n) is 19.8. The van der Waals surface area contributed by atoms with Gasteiger partial charge in [0.2, 0.25) is 0 Å². The van der Waals surface area contributed by atoms with Crippen molar-refractivity contribution in [2.45, 2.75) is 25.7 Å². The van der Waals surface area contributed by atoms with Gasteiger partial charge in [-0.1, -0.05) is 133 Å². The van der Waals surface area contributed by atoms with E-state index in [2.05, 4.69) is 174 Å². The second-order valence-corrected chi connectivity index (χ2v) is 15.5. The Labute approximate surface area is 326 Å². The lowest BCUT2D eigenvalue weighted by Gasteiger charge is -2.33. The molecule has 4 heteroatoms. The molecule has 1 aromatic heterocycles. The molecule has 4 aliphatic carbocycles. The van der Waals surface area contributed by atoms with E-state index < -0.39 is 0 Å². The maximum absolute atomic E-state index is 6.76. The molecule has 0 atom stereocenters. The lowest BCUT2D eigenvalue weighted by Crippen LogP contribution is -2.57. The molecule has 0 unspecified atom stereocenters. The summed E-state index contributed by atoms with van der Waals surface area (Å²) in [6, 6.07) is 62.3. The van der Waals surface area contributed by atoms with Gasteiger partial charge in [0, 0.05) is 27.4 Å². The summed E-state index contributed by atoms with van der Waals surface area (Å²) in [7, 11) is 0. The van der Waals surface area contributed by atoms with Gasteiger partial charge < -0.3 is 14.0 Å². The summed E-state index contributed by atoms with van der Waals surface area (Å²) in [5.74, 6) is 3.48. The molecule has 0 fully saturated rings. The van der Waals surface area contributed by atoms with Gasteiger partial charge in [0.25, 0.3) is 6.71 Å². The molecular formula is C52H36BNO2. The van der Waals surface area contributed by atoms with E-state index in [0.29, 0.717) is 0 Å². The number of aromatic nitrogens is 1. The summed E-state index contributed by atoms with van der Waals surface area (Å²) < 4.78 is 16.0. The fourth-order valence-electron chi connectivity index (χ4n) is 9.64. The van der Waals surface area contributed by atoms with Crippen LogP contribution >= 0.6 is 0 Å². The third-order valence-corrected chi connectivity index (χ3v) is 12.3. The molecule has 4 bridgehead atoms. The van der Waals surface area contributed by atoms with Crippen LogP contribution in [0.3, 0.4) is 0 Å². The Balaban J connectivity index is 1.08. The first-order valence-corrected chi connectivity index (χ1v) is 19.8. The molecule has 0 N–H and O–H groups in total. The monoisotopic (exact) mass is 717 g/mol. The van der Waals surface area contributed by atoms with Gasteiger partial charge >= 0.3 is 0 Å². The summed E-state index contributed by atoms with van der Waals surface area (Å²) in [6.07, 6.45) is 4.03. The van der Waals surface area contributed by atoms with Crippen LogP contribution in [0.25, 0.3) is 49.7 Å². The average molecular weight is 718 g/mol. The SMILES string of the molecule is c1ccc2c(c1)Oc1cc(-c3ccccc3-n3c4ccccc4c4cccc(-c5cc6ccc5CCc5ccc(cc5)CC6)c43)cc3c1B2c1ccccc1O3. The first-order chi connectivity index (χ1) is 27.7. The third kappa shape index (κ3) is 4.85. The Morgan fingerprint density at radius 3 is 1.79 bits per heavy atom. The molecule has 0 spiro atoms. The third-order valence-electron chi connectivity index (χ3n) is 12.3. The zero-order valence-corrected chi connectivity index (χ0v) is 30.8. The van der Waals surface area contributed by atoms with E-state index in [1.807, 2.05) is 0 Å². The lowest BCUT2D eigenvalue weighted by atomic mass is 9.35. The second-order valence-electron chi connectivity index (χ2n) is 15.5. The second kappa shape index (κ2) is 12.4. The normalized spacial score (nSPS) is 13.7. The number of nitrogens with zero attached hydrogens (tertiary/aromatic N) is 1. The summed E-state index contributed by atoms with van der Waals surface area (Å²) in [5.41, 5.74) is 17.3. The maximum Gasteiger partial charge on any atom is 0.260 e. The highest BCUT2D eigenvalue weighted by atomic mass is 16.5. The number of aryl methyl sites for hydroxylation is 4. The van der Waals surface area contributed by atoms with Crippen molar-refractivity contribution in [2.24, 2.45) is 0 Å². The Kier molecular flexibility index (Phi) is 6.97. The van der Waals surface area contributed by atoms with Gasteiger partial charge in [-0.2, -0.15) is 0 Å². The minimum Gasteiger partial charge on any atom is -0.458 e. The molecule has 6 aliphatic rings. The zero-order chi connectivity index (χ0) is 36.7. The fourth-order valence-corrected chi connectivity index (χ4v) is 9.64. The summed E-state index contributed by atoms with van der Waals surface area (Å²) in [6.45, 7) is 0.0391. The quantitative estimate of drug-likeness (QED) is 0.170. The van der Waals surface area contributed by atoms with Crippen molar-refractivity contribution in [3.8, 4) is 50.9 Å². The van der Waals surface area contributed by atoms with Gasteiger partial charge in [-0.15, -0.1) is 0 Å². The molecule has 2 aliphatic heterocycles. The van der Waals surface area contributed by atoms with E-state index in [4.69, 9.17) is 9.47 Å². The van der Waals surface area contributed by atoms with Crippen LogP contribution in [0, 0.1) is 0 Å². The summed E-state index contributed by atoms with van der Waals surface area (Å²) in [5, 5.41) is 2.50. The molecule has 56 heavy (non-hydrogen) atoms. The van der Waals surface area contributed by atoms with Gasteiger partial charge in [0.1, 0.15) is 23.0 Å². The molecule has 264 valence electrons. The van der Waals surface area contributed by atoms with Crippen molar-refractivity contribution in [2.75, 3.05) is 0 Å². The number of hydrogen-bond donors (Lipinski definition) is 0. The molecule has 0 saturated heterocycles. The first kappa shape index (κ1) is 31.6.